The van der Waals surface area contributed by atoms with E-state index in [-0.39, 0.29) is 5.28 Å². The topological polar surface area (TPSA) is 63.8 Å². The molecule has 17 heavy (non-hydrogen) atoms. The molecular weight excluding hydrogens is 236 g/mol. The highest BCUT2D eigenvalue weighted by Gasteiger charge is 2.31. The lowest BCUT2D eigenvalue weighted by atomic mass is 9.92. The summed E-state index contributed by atoms with van der Waals surface area (Å²) in [6.45, 7) is 6.42. The lowest BCUT2D eigenvalue weighted by molar-refractivity contribution is 0.378. The summed E-state index contributed by atoms with van der Waals surface area (Å²) in [5.41, 5.74) is 7.68. The Morgan fingerprint density at radius 1 is 1.41 bits per heavy atom. The molecule has 5 heteroatoms. The van der Waals surface area contributed by atoms with Crippen molar-refractivity contribution in [3.8, 4) is 0 Å². The fraction of sp³-hybridized carbons (Fsp3) is 0.667. The van der Waals surface area contributed by atoms with Gasteiger partial charge >= 0.3 is 0 Å². The quantitative estimate of drug-likeness (QED) is 0.797. The van der Waals surface area contributed by atoms with Gasteiger partial charge in [-0.2, -0.15) is 4.98 Å². The van der Waals surface area contributed by atoms with Gasteiger partial charge in [-0.05, 0) is 43.2 Å². The zero-order valence-corrected chi connectivity index (χ0v) is 11.3. The van der Waals surface area contributed by atoms with Crippen molar-refractivity contribution >= 4 is 23.1 Å². The van der Waals surface area contributed by atoms with Crippen molar-refractivity contribution in [3.05, 3.63) is 11.0 Å². The van der Waals surface area contributed by atoms with Crippen LogP contribution in [0.4, 0.5) is 11.5 Å². The molecule has 0 aliphatic heterocycles. The molecule has 4 nitrogen and oxygen atoms in total. The number of halogens is 1. The molecule has 0 amide bonds. The summed E-state index contributed by atoms with van der Waals surface area (Å²) in [7, 11) is 0. The van der Waals surface area contributed by atoms with Gasteiger partial charge in [-0.3, -0.25) is 0 Å². The van der Waals surface area contributed by atoms with Crippen LogP contribution in [0.15, 0.2) is 0 Å². The van der Waals surface area contributed by atoms with E-state index in [1.165, 1.54) is 6.42 Å². The number of nitrogen functional groups attached to an aromatic ring is 1. The molecule has 0 bridgehead atoms. The van der Waals surface area contributed by atoms with E-state index in [1.54, 1.807) is 0 Å². The number of nitrogens with zero attached hydrogens (tertiary/aromatic N) is 2. The standard InChI is InChI=1S/C12H19ClN4/c1-7-9(14)10(17-11(13)15-7)16-8-4-5-12(2,3)6-8/h8H,4-6,14H2,1-3H3,(H,15,16,17). The number of nitrogens with two attached hydrogens (primary N) is 1. The lowest BCUT2D eigenvalue weighted by Gasteiger charge is -2.19. The maximum absolute atomic E-state index is 5.95. The van der Waals surface area contributed by atoms with Gasteiger partial charge in [0.25, 0.3) is 0 Å². The first-order valence-corrected chi connectivity index (χ1v) is 6.31. The normalized spacial score (nSPS) is 22.7. The smallest absolute Gasteiger partial charge is 0.224 e. The molecule has 0 aromatic carbocycles. The molecule has 1 aliphatic carbocycles. The molecule has 1 aromatic heterocycles. The van der Waals surface area contributed by atoms with Crippen LogP contribution in [0.1, 0.15) is 38.8 Å². The van der Waals surface area contributed by atoms with Crippen molar-refractivity contribution in [2.24, 2.45) is 5.41 Å². The molecule has 1 atom stereocenters. The van der Waals surface area contributed by atoms with Gasteiger partial charge in [-0.15, -0.1) is 0 Å². The molecule has 1 unspecified atom stereocenters. The first-order valence-electron chi connectivity index (χ1n) is 5.93. The van der Waals surface area contributed by atoms with Crippen molar-refractivity contribution in [1.29, 1.82) is 0 Å². The molecule has 1 saturated carbocycles. The molecule has 0 saturated heterocycles. The highest BCUT2D eigenvalue weighted by atomic mass is 35.5. The molecular formula is C12H19ClN4. The van der Waals surface area contributed by atoms with Gasteiger partial charge in [0.15, 0.2) is 5.82 Å². The fourth-order valence-electron chi connectivity index (χ4n) is 2.41. The summed E-state index contributed by atoms with van der Waals surface area (Å²) in [5, 5.41) is 3.63. The van der Waals surface area contributed by atoms with Crippen molar-refractivity contribution in [2.75, 3.05) is 11.1 Å². The van der Waals surface area contributed by atoms with Gasteiger partial charge < -0.3 is 11.1 Å². The van der Waals surface area contributed by atoms with Crippen LogP contribution in [-0.2, 0) is 0 Å². The molecule has 3 N–H and O–H groups in total. The van der Waals surface area contributed by atoms with Crippen LogP contribution in [0.3, 0.4) is 0 Å². The van der Waals surface area contributed by atoms with E-state index in [9.17, 15) is 0 Å². The van der Waals surface area contributed by atoms with Crippen molar-refractivity contribution in [3.63, 3.8) is 0 Å². The van der Waals surface area contributed by atoms with E-state index in [1.807, 2.05) is 6.92 Å². The summed E-state index contributed by atoms with van der Waals surface area (Å²) in [4.78, 5) is 8.19. The Labute approximate surface area is 107 Å². The van der Waals surface area contributed by atoms with Crippen LogP contribution in [0, 0.1) is 12.3 Å². The van der Waals surface area contributed by atoms with Gasteiger partial charge in [0.1, 0.15) is 0 Å². The Morgan fingerprint density at radius 3 is 2.71 bits per heavy atom. The van der Waals surface area contributed by atoms with Crippen LogP contribution < -0.4 is 11.1 Å². The highest BCUT2D eigenvalue weighted by molar-refractivity contribution is 6.28. The van der Waals surface area contributed by atoms with Gasteiger partial charge in [0.2, 0.25) is 5.28 Å². The third-order valence-electron chi connectivity index (χ3n) is 3.42. The predicted octanol–water partition coefficient (Wildman–Crippen LogP) is 3.01. The molecule has 1 aromatic rings. The zero-order valence-electron chi connectivity index (χ0n) is 10.5. The van der Waals surface area contributed by atoms with E-state index in [4.69, 9.17) is 17.3 Å². The van der Waals surface area contributed by atoms with Crippen LogP contribution in [0.2, 0.25) is 5.28 Å². The number of anilines is 2. The van der Waals surface area contributed by atoms with Gasteiger partial charge in [0.05, 0.1) is 11.4 Å². The van der Waals surface area contributed by atoms with Gasteiger partial charge in [-0.1, -0.05) is 13.8 Å². The second kappa shape index (κ2) is 4.33. The Balaban J connectivity index is 2.14. The predicted molar refractivity (Wildman–Crippen MR) is 71.2 cm³/mol. The maximum atomic E-state index is 5.95. The Hall–Kier alpha value is -1.03. The molecule has 94 valence electrons. The van der Waals surface area contributed by atoms with E-state index in [2.05, 4.69) is 29.1 Å². The summed E-state index contributed by atoms with van der Waals surface area (Å²) < 4.78 is 0. The van der Waals surface area contributed by atoms with Crippen molar-refractivity contribution in [1.82, 2.24) is 9.97 Å². The second-order valence-electron chi connectivity index (χ2n) is 5.59. The first-order chi connectivity index (χ1) is 7.87. The van der Waals surface area contributed by atoms with E-state index >= 15 is 0 Å². The molecule has 1 heterocycles. The van der Waals surface area contributed by atoms with E-state index in [0.29, 0.717) is 23.0 Å². The zero-order chi connectivity index (χ0) is 12.6. The highest BCUT2D eigenvalue weighted by Crippen LogP contribution is 2.38. The largest absolute Gasteiger partial charge is 0.394 e. The number of aryl methyl sites for hydroxylation is 1. The maximum Gasteiger partial charge on any atom is 0.224 e. The van der Waals surface area contributed by atoms with Crippen LogP contribution in [0.25, 0.3) is 0 Å². The van der Waals surface area contributed by atoms with Crippen molar-refractivity contribution in [2.45, 2.75) is 46.1 Å². The molecule has 1 aliphatic rings. The molecule has 2 rings (SSSR count). The molecule has 0 spiro atoms. The van der Waals surface area contributed by atoms with Crippen molar-refractivity contribution < 1.29 is 0 Å². The van der Waals surface area contributed by atoms with Gasteiger partial charge in [0, 0.05) is 6.04 Å². The minimum Gasteiger partial charge on any atom is -0.394 e. The van der Waals surface area contributed by atoms with Gasteiger partial charge in [-0.25, -0.2) is 4.98 Å². The molecule has 0 radical (unpaired) electrons. The summed E-state index contributed by atoms with van der Waals surface area (Å²) >= 11 is 5.85. The minimum absolute atomic E-state index is 0.247. The number of rotatable bonds is 2. The summed E-state index contributed by atoms with van der Waals surface area (Å²) in [6, 6.07) is 0.428. The first kappa shape index (κ1) is 12.4. The monoisotopic (exact) mass is 254 g/mol. The average molecular weight is 255 g/mol. The Morgan fingerprint density at radius 2 is 2.12 bits per heavy atom. The van der Waals surface area contributed by atoms with Crippen LogP contribution in [-0.4, -0.2) is 16.0 Å². The minimum atomic E-state index is 0.247. The summed E-state index contributed by atoms with van der Waals surface area (Å²) in [6.07, 6.45) is 3.50. The van der Waals surface area contributed by atoms with Crippen LogP contribution in [0.5, 0.6) is 0 Å². The number of hydrogen-bond donors (Lipinski definition) is 2. The summed E-state index contributed by atoms with van der Waals surface area (Å²) in [5.74, 6) is 0.671. The SMILES string of the molecule is Cc1nc(Cl)nc(NC2CCC(C)(C)C2)c1N. The van der Waals surface area contributed by atoms with E-state index in [0.717, 1.165) is 18.5 Å². The average Bonchev–Trinajstić information content (AvgIpc) is 2.54. The Bertz CT molecular complexity index is 431. The lowest BCUT2D eigenvalue weighted by Crippen LogP contribution is -2.20. The third kappa shape index (κ3) is 2.80. The third-order valence-corrected chi connectivity index (χ3v) is 3.59. The van der Waals surface area contributed by atoms with E-state index < -0.39 is 0 Å². The fourth-order valence-corrected chi connectivity index (χ4v) is 2.62. The molecule has 1 fully saturated rings. The Kier molecular flexibility index (Phi) is 3.17. The number of hydrogen-bond acceptors (Lipinski definition) is 4. The number of nitrogens with one attached hydrogen (secondary N) is 1. The van der Waals surface area contributed by atoms with Crippen LogP contribution >= 0.6 is 11.6 Å². The second-order valence-corrected chi connectivity index (χ2v) is 5.93. The number of aromatic nitrogens is 2.